The molecule has 1 fully saturated rings. The highest BCUT2D eigenvalue weighted by molar-refractivity contribution is 9.10. The molecule has 0 aliphatic heterocycles. The first-order valence-corrected chi connectivity index (χ1v) is 7.14. The van der Waals surface area contributed by atoms with Gasteiger partial charge < -0.3 is 15.4 Å². The summed E-state index contributed by atoms with van der Waals surface area (Å²) < 4.78 is 6.24. The average molecular weight is 313 g/mol. The number of benzene rings is 1. The summed E-state index contributed by atoms with van der Waals surface area (Å²) in [7, 11) is 3.81. The maximum atomic E-state index is 5.91. The first kappa shape index (κ1) is 13.7. The molecule has 0 unspecified atom stereocenters. The van der Waals surface area contributed by atoms with Gasteiger partial charge in [0.15, 0.2) is 0 Å². The van der Waals surface area contributed by atoms with Gasteiger partial charge in [0.25, 0.3) is 0 Å². The first-order valence-electron chi connectivity index (χ1n) is 6.35. The second-order valence-electron chi connectivity index (χ2n) is 5.23. The smallest absolute Gasteiger partial charge is 0.133 e. The highest BCUT2D eigenvalue weighted by atomic mass is 79.9. The minimum Gasteiger partial charge on any atom is -0.496 e. The van der Waals surface area contributed by atoms with Crippen molar-refractivity contribution >= 4 is 21.6 Å². The van der Waals surface area contributed by atoms with Crippen molar-refractivity contribution in [3.63, 3.8) is 0 Å². The lowest BCUT2D eigenvalue weighted by Gasteiger charge is -2.44. The molecule has 1 aliphatic rings. The number of ether oxygens (including phenoxy) is 1. The molecule has 0 bridgehead atoms. The van der Waals surface area contributed by atoms with E-state index in [1.54, 1.807) is 7.11 Å². The number of hydrogen-bond acceptors (Lipinski definition) is 3. The summed E-state index contributed by atoms with van der Waals surface area (Å²) in [5.41, 5.74) is 7.45. The number of rotatable bonds is 5. The van der Waals surface area contributed by atoms with Crippen molar-refractivity contribution in [2.24, 2.45) is 11.1 Å². The predicted octanol–water partition coefficient (Wildman–Crippen LogP) is 3.02. The zero-order chi connectivity index (χ0) is 13.2. The molecular weight excluding hydrogens is 292 g/mol. The van der Waals surface area contributed by atoms with Crippen LogP contribution in [0.15, 0.2) is 22.7 Å². The van der Waals surface area contributed by atoms with E-state index in [1.165, 1.54) is 24.9 Å². The summed E-state index contributed by atoms with van der Waals surface area (Å²) in [5, 5.41) is 0. The molecule has 100 valence electrons. The van der Waals surface area contributed by atoms with Gasteiger partial charge in [-0.1, -0.05) is 6.42 Å². The van der Waals surface area contributed by atoms with Gasteiger partial charge in [0.05, 0.1) is 11.6 Å². The normalized spacial score (nSPS) is 17.1. The van der Waals surface area contributed by atoms with Gasteiger partial charge in [0.2, 0.25) is 0 Å². The van der Waals surface area contributed by atoms with E-state index in [0.29, 0.717) is 5.41 Å². The van der Waals surface area contributed by atoms with Gasteiger partial charge in [-0.3, -0.25) is 0 Å². The third-order valence-corrected chi connectivity index (χ3v) is 4.62. The summed E-state index contributed by atoms with van der Waals surface area (Å²) in [6, 6.07) is 6.18. The molecule has 1 aromatic rings. The van der Waals surface area contributed by atoms with Crippen molar-refractivity contribution in [1.29, 1.82) is 0 Å². The topological polar surface area (TPSA) is 38.5 Å². The summed E-state index contributed by atoms with van der Waals surface area (Å²) in [5.74, 6) is 0.865. The van der Waals surface area contributed by atoms with E-state index in [1.807, 2.05) is 6.07 Å². The molecule has 0 saturated heterocycles. The summed E-state index contributed by atoms with van der Waals surface area (Å²) in [4.78, 5) is 2.29. The summed E-state index contributed by atoms with van der Waals surface area (Å²) >= 11 is 3.53. The van der Waals surface area contributed by atoms with Crippen molar-refractivity contribution in [3.05, 3.63) is 22.7 Å². The number of nitrogens with zero attached hydrogens (tertiary/aromatic N) is 1. The standard InChI is InChI=1S/C14H21BrN2O/c1-17(10-14(9-16)6-3-7-14)11-4-5-13(18-2)12(15)8-11/h4-5,8H,3,6-7,9-10,16H2,1-2H3. The quantitative estimate of drug-likeness (QED) is 0.908. The Labute approximate surface area is 117 Å². The van der Waals surface area contributed by atoms with Gasteiger partial charge in [-0.2, -0.15) is 0 Å². The monoisotopic (exact) mass is 312 g/mol. The van der Waals surface area contributed by atoms with Crippen LogP contribution in [0, 0.1) is 5.41 Å². The Bertz CT molecular complexity index is 413. The van der Waals surface area contributed by atoms with Crippen LogP contribution in [-0.4, -0.2) is 27.2 Å². The van der Waals surface area contributed by atoms with Crippen LogP contribution >= 0.6 is 15.9 Å². The van der Waals surface area contributed by atoms with Gasteiger partial charge in [-0.05, 0) is 53.5 Å². The zero-order valence-corrected chi connectivity index (χ0v) is 12.7. The van der Waals surface area contributed by atoms with E-state index in [0.717, 1.165) is 23.3 Å². The lowest BCUT2D eigenvalue weighted by molar-refractivity contribution is 0.154. The van der Waals surface area contributed by atoms with Gasteiger partial charge >= 0.3 is 0 Å². The number of anilines is 1. The second-order valence-corrected chi connectivity index (χ2v) is 6.09. The van der Waals surface area contributed by atoms with Crippen LogP contribution < -0.4 is 15.4 Å². The van der Waals surface area contributed by atoms with Gasteiger partial charge in [0.1, 0.15) is 5.75 Å². The zero-order valence-electron chi connectivity index (χ0n) is 11.1. The van der Waals surface area contributed by atoms with Crippen LogP contribution in [0.3, 0.4) is 0 Å². The first-order chi connectivity index (χ1) is 8.60. The maximum Gasteiger partial charge on any atom is 0.133 e. The fraction of sp³-hybridized carbons (Fsp3) is 0.571. The van der Waals surface area contributed by atoms with E-state index in [9.17, 15) is 0 Å². The molecule has 18 heavy (non-hydrogen) atoms. The van der Waals surface area contributed by atoms with Crippen molar-refractivity contribution < 1.29 is 4.74 Å². The summed E-state index contributed by atoms with van der Waals surface area (Å²) in [6.45, 7) is 1.82. The van der Waals surface area contributed by atoms with E-state index >= 15 is 0 Å². The fourth-order valence-electron chi connectivity index (χ4n) is 2.59. The van der Waals surface area contributed by atoms with E-state index < -0.39 is 0 Å². The number of hydrogen-bond donors (Lipinski definition) is 1. The molecule has 0 heterocycles. The molecular formula is C14H21BrN2O. The Kier molecular flexibility index (Phi) is 4.17. The molecule has 0 aromatic heterocycles. The Morgan fingerprint density at radius 2 is 2.17 bits per heavy atom. The van der Waals surface area contributed by atoms with Gasteiger partial charge in [0, 0.05) is 24.7 Å². The molecule has 0 amide bonds. The molecule has 2 rings (SSSR count). The van der Waals surface area contributed by atoms with Gasteiger partial charge in [-0.25, -0.2) is 0 Å². The lowest BCUT2D eigenvalue weighted by atomic mass is 9.68. The van der Waals surface area contributed by atoms with Crippen molar-refractivity contribution in [2.75, 3.05) is 32.1 Å². The van der Waals surface area contributed by atoms with Crippen LogP contribution in [0.5, 0.6) is 5.75 Å². The van der Waals surface area contributed by atoms with E-state index in [-0.39, 0.29) is 0 Å². The minimum absolute atomic E-state index is 0.334. The van der Waals surface area contributed by atoms with Crippen LogP contribution in [0.4, 0.5) is 5.69 Å². The van der Waals surface area contributed by atoms with E-state index in [4.69, 9.17) is 10.5 Å². The molecule has 1 aromatic carbocycles. The van der Waals surface area contributed by atoms with Gasteiger partial charge in [-0.15, -0.1) is 0 Å². The maximum absolute atomic E-state index is 5.91. The van der Waals surface area contributed by atoms with Crippen molar-refractivity contribution in [2.45, 2.75) is 19.3 Å². The molecule has 1 saturated carbocycles. The number of halogens is 1. The Morgan fingerprint density at radius 3 is 2.61 bits per heavy atom. The van der Waals surface area contributed by atoms with E-state index in [2.05, 4.69) is 40.0 Å². The van der Waals surface area contributed by atoms with Crippen LogP contribution in [-0.2, 0) is 0 Å². The third kappa shape index (κ3) is 2.64. The summed E-state index contributed by atoms with van der Waals surface area (Å²) in [6.07, 6.45) is 3.83. The molecule has 0 spiro atoms. The number of nitrogens with two attached hydrogens (primary N) is 1. The number of methoxy groups -OCH3 is 1. The highest BCUT2D eigenvalue weighted by Crippen LogP contribution is 2.41. The molecule has 0 radical (unpaired) electrons. The Balaban J connectivity index is 2.09. The predicted molar refractivity (Wildman–Crippen MR) is 79.3 cm³/mol. The van der Waals surface area contributed by atoms with Crippen LogP contribution in [0.25, 0.3) is 0 Å². The van der Waals surface area contributed by atoms with Crippen molar-refractivity contribution in [1.82, 2.24) is 0 Å². The minimum atomic E-state index is 0.334. The Morgan fingerprint density at radius 1 is 1.44 bits per heavy atom. The molecule has 3 nitrogen and oxygen atoms in total. The van der Waals surface area contributed by atoms with Crippen LogP contribution in [0.2, 0.25) is 0 Å². The molecule has 2 N–H and O–H groups in total. The second kappa shape index (κ2) is 5.49. The third-order valence-electron chi connectivity index (χ3n) is 4.00. The lowest BCUT2D eigenvalue weighted by Crippen LogP contribution is -2.46. The fourth-order valence-corrected chi connectivity index (χ4v) is 3.12. The SMILES string of the molecule is COc1ccc(N(C)CC2(CN)CCC2)cc1Br. The average Bonchev–Trinajstić information content (AvgIpc) is 2.33. The van der Waals surface area contributed by atoms with Crippen molar-refractivity contribution in [3.8, 4) is 5.75 Å². The largest absolute Gasteiger partial charge is 0.496 e. The molecule has 4 heteroatoms. The van der Waals surface area contributed by atoms with Crippen LogP contribution in [0.1, 0.15) is 19.3 Å². The molecule has 0 atom stereocenters. The highest BCUT2D eigenvalue weighted by Gasteiger charge is 2.36. The Hall–Kier alpha value is -0.740. The molecule has 1 aliphatic carbocycles.